The van der Waals surface area contributed by atoms with Crippen LogP contribution in [0.4, 0.5) is 4.79 Å². The normalized spacial score (nSPS) is 15.1. The highest BCUT2D eigenvalue weighted by Crippen LogP contribution is 2.23. The largest absolute Gasteiger partial charge is 0.468 e. The van der Waals surface area contributed by atoms with E-state index >= 15 is 0 Å². The second kappa shape index (κ2) is 8.58. The van der Waals surface area contributed by atoms with E-state index in [1.54, 1.807) is 11.2 Å². The highest BCUT2D eigenvalue weighted by molar-refractivity contribution is 5.74. The Kier molecular flexibility index (Phi) is 6.18. The molecule has 1 unspecified atom stereocenters. The summed E-state index contributed by atoms with van der Waals surface area (Å²) in [4.78, 5) is 16.8. The number of hydrogen-bond donors (Lipinski definition) is 2. The smallest absolute Gasteiger partial charge is 0.317 e. The zero-order chi connectivity index (χ0) is 19.4. The van der Waals surface area contributed by atoms with Crippen LogP contribution in [0.5, 0.6) is 0 Å². The van der Waals surface area contributed by atoms with E-state index in [4.69, 9.17) is 4.42 Å². The maximum Gasteiger partial charge on any atom is 0.317 e. The Morgan fingerprint density at radius 1 is 1.44 bits per heavy atom. The second-order valence-electron chi connectivity index (χ2n) is 6.76. The Bertz CT molecular complexity index is 752. The number of urea groups is 1. The Labute approximate surface area is 159 Å². The third-order valence-electron chi connectivity index (χ3n) is 5.33. The van der Waals surface area contributed by atoms with Crippen molar-refractivity contribution in [3.63, 3.8) is 0 Å². The zero-order valence-electron chi connectivity index (χ0n) is 16.3. The lowest BCUT2D eigenvalue weighted by Gasteiger charge is -2.31. The Hall–Kier alpha value is -2.32. The average molecular weight is 375 g/mol. The number of furan rings is 1. The molecule has 27 heavy (non-hydrogen) atoms. The van der Waals surface area contributed by atoms with Gasteiger partial charge in [-0.2, -0.15) is 5.10 Å². The summed E-state index contributed by atoms with van der Waals surface area (Å²) in [5.41, 5.74) is 2.72. The highest BCUT2D eigenvalue weighted by Gasteiger charge is 2.27. The van der Waals surface area contributed by atoms with Crippen molar-refractivity contribution in [2.75, 3.05) is 26.2 Å². The summed E-state index contributed by atoms with van der Waals surface area (Å²) in [6.07, 6.45) is 2.41. The number of aryl methyl sites for hydroxylation is 1. The first-order valence-corrected chi connectivity index (χ1v) is 9.53. The molecule has 3 rings (SSSR count). The topological polar surface area (TPSA) is 86.8 Å². The van der Waals surface area contributed by atoms with Gasteiger partial charge in [0.15, 0.2) is 0 Å². The molecule has 8 nitrogen and oxygen atoms in total. The number of aliphatic hydroxyl groups excluding tert-OH is 1. The van der Waals surface area contributed by atoms with E-state index in [2.05, 4.69) is 29.2 Å². The molecule has 3 heterocycles. The van der Waals surface area contributed by atoms with Crippen LogP contribution < -0.4 is 5.32 Å². The molecular weight excluding hydrogens is 346 g/mol. The SMILES string of the molecule is CCN(CC)C(CNC(=O)N1CCc2c(c(CO)nn2C)C1)c1ccco1. The summed E-state index contributed by atoms with van der Waals surface area (Å²) in [6.45, 7) is 7.44. The van der Waals surface area contributed by atoms with Crippen molar-refractivity contribution in [2.24, 2.45) is 7.05 Å². The van der Waals surface area contributed by atoms with Gasteiger partial charge < -0.3 is 19.7 Å². The number of likely N-dealkylation sites (N-methyl/N-ethyl adjacent to an activating group) is 1. The Morgan fingerprint density at radius 2 is 2.22 bits per heavy atom. The number of hydrogen-bond acceptors (Lipinski definition) is 5. The molecule has 2 N–H and O–H groups in total. The molecule has 0 aliphatic carbocycles. The van der Waals surface area contributed by atoms with Gasteiger partial charge in [-0.15, -0.1) is 0 Å². The van der Waals surface area contributed by atoms with E-state index in [1.807, 2.05) is 23.9 Å². The lowest BCUT2D eigenvalue weighted by atomic mass is 10.1. The van der Waals surface area contributed by atoms with Gasteiger partial charge in [0.25, 0.3) is 0 Å². The van der Waals surface area contributed by atoms with E-state index in [9.17, 15) is 9.90 Å². The van der Waals surface area contributed by atoms with Gasteiger partial charge in [0.05, 0.1) is 31.2 Å². The summed E-state index contributed by atoms with van der Waals surface area (Å²) >= 11 is 0. The average Bonchev–Trinajstić information content (AvgIpc) is 3.32. The number of nitrogens with zero attached hydrogens (tertiary/aromatic N) is 4. The number of rotatable bonds is 7. The van der Waals surface area contributed by atoms with Crippen LogP contribution >= 0.6 is 0 Å². The van der Waals surface area contributed by atoms with Crippen molar-refractivity contribution in [3.05, 3.63) is 41.1 Å². The fourth-order valence-corrected chi connectivity index (χ4v) is 3.82. The molecular formula is C19H29N5O3. The van der Waals surface area contributed by atoms with Gasteiger partial charge in [-0.3, -0.25) is 9.58 Å². The molecule has 0 aromatic carbocycles. The van der Waals surface area contributed by atoms with Gasteiger partial charge >= 0.3 is 6.03 Å². The van der Waals surface area contributed by atoms with Crippen LogP contribution in [0.3, 0.4) is 0 Å². The van der Waals surface area contributed by atoms with E-state index in [1.165, 1.54) is 0 Å². The van der Waals surface area contributed by atoms with Crippen molar-refractivity contribution in [3.8, 4) is 0 Å². The molecule has 1 atom stereocenters. The molecule has 0 saturated carbocycles. The van der Waals surface area contributed by atoms with Crippen molar-refractivity contribution >= 4 is 6.03 Å². The first-order valence-electron chi connectivity index (χ1n) is 9.53. The first-order chi connectivity index (χ1) is 13.1. The lowest BCUT2D eigenvalue weighted by Crippen LogP contribution is -2.46. The van der Waals surface area contributed by atoms with E-state index in [-0.39, 0.29) is 18.7 Å². The maximum absolute atomic E-state index is 12.8. The predicted molar refractivity (Wildman–Crippen MR) is 101 cm³/mol. The first kappa shape index (κ1) is 19.4. The number of carbonyl (C=O) groups excluding carboxylic acids is 1. The fourth-order valence-electron chi connectivity index (χ4n) is 3.82. The van der Waals surface area contributed by atoms with Crippen LogP contribution in [0.2, 0.25) is 0 Å². The summed E-state index contributed by atoms with van der Waals surface area (Å²) in [6, 6.07) is 3.73. The number of aliphatic hydroxyl groups is 1. The van der Waals surface area contributed by atoms with Gasteiger partial charge in [-0.25, -0.2) is 4.79 Å². The lowest BCUT2D eigenvalue weighted by molar-refractivity contribution is 0.169. The molecule has 0 radical (unpaired) electrons. The minimum Gasteiger partial charge on any atom is -0.468 e. The van der Waals surface area contributed by atoms with Crippen molar-refractivity contribution in [2.45, 2.75) is 39.5 Å². The Balaban J connectivity index is 1.66. The van der Waals surface area contributed by atoms with E-state index in [0.29, 0.717) is 25.3 Å². The molecule has 148 valence electrons. The number of nitrogens with one attached hydrogen (secondary N) is 1. The number of amides is 2. The molecule has 8 heteroatoms. The van der Waals surface area contributed by atoms with E-state index < -0.39 is 0 Å². The number of carbonyl (C=O) groups is 1. The van der Waals surface area contributed by atoms with Crippen LogP contribution in [0.25, 0.3) is 0 Å². The summed E-state index contributed by atoms with van der Waals surface area (Å²) in [7, 11) is 1.88. The van der Waals surface area contributed by atoms with Gasteiger partial charge in [-0.05, 0) is 25.2 Å². The van der Waals surface area contributed by atoms with Gasteiger partial charge in [0.1, 0.15) is 5.76 Å². The van der Waals surface area contributed by atoms with Gasteiger partial charge in [0.2, 0.25) is 0 Å². The third kappa shape index (κ3) is 4.01. The fraction of sp³-hybridized carbons (Fsp3) is 0.579. The molecule has 2 aromatic heterocycles. The highest BCUT2D eigenvalue weighted by atomic mass is 16.3. The number of fused-ring (bicyclic) bond motifs is 1. The Morgan fingerprint density at radius 3 is 2.85 bits per heavy atom. The van der Waals surface area contributed by atoms with Crippen molar-refractivity contribution in [1.82, 2.24) is 24.9 Å². The third-order valence-corrected chi connectivity index (χ3v) is 5.33. The minimum absolute atomic E-state index is 0.00527. The second-order valence-corrected chi connectivity index (χ2v) is 6.76. The summed E-state index contributed by atoms with van der Waals surface area (Å²) in [5, 5.41) is 16.9. The van der Waals surface area contributed by atoms with Crippen molar-refractivity contribution in [1.29, 1.82) is 0 Å². The minimum atomic E-state index is -0.110. The van der Waals surface area contributed by atoms with Crippen LogP contribution in [0, 0.1) is 0 Å². The van der Waals surface area contributed by atoms with Gasteiger partial charge in [0, 0.05) is 37.8 Å². The van der Waals surface area contributed by atoms with Crippen LogP contribution in [-0.4, -0.2) is 56.9 Å². The molecule has 0 fully saturated rings. The zero-order valence-corrected chi connectivity index (χ0v) is 16.3. The summed E-state index contributed by atoms with van der Waals surface area (Å²) in [5.74, 6) is 0.856. The molecule has 0 bridgehead atoms. The molecule has 1 aliphatic rings. The molecule has 0 spiro atoms. The maximum atomic E-state index is 12.8. The van der Waals surface area contributed by atoms with Crippen LogP contribution in [0.1, 0.15) is 42.6 Å². The van der Waals surface area contributed by atoms with E-state index in [0.717, 1.165) is 36.5 Å². The standard InChI is InChI=1S/C19H29N5O3/c1-4-23(5-2)17(18-7-6-10-27-18)11-20-19(26)24-9-8-16-14(12-24)15(13-25)21-22(16)3/h6-7,10,17,25H,4-5,8-9,11-13H2,1-3H3,(H,20,26). The number of aromatic nitrogens is 2. The molecule has 1 aliphatic heterocycles. The quantitative estimate of drug-likeness (QED) is 0.769. The monoisotopic (exact) mass is 375 g/mol. The predicted octanol–water partition coefficient (Wildman–Crippen LogP) is 1.66. The van der Waals surface area contributed by atoms with Crippen LogP contribution in [0.15, 0.2) is 22.8 Å². The van der Waals surface area contributed by atoms with Crippen molar-refractivity contribution < 1.29 is 14.3 Å². The molecule has 2 aromatic rings. The molecule has 0 saturated heterocycles. The molecule has 2 amide bonds. The van der Waals surface area contributed by atoms with Gasteiger partial charge in [-0.1, -0.05) is 13.8 Å². The van der Waals surface area contributed by atoms with Crippen LogP contribution in [-0.2, 0) is 26.6 Å². The summed E-state index contributed by atoms with van der Waals surface area (Å²) < 4.78 is 7.40.